The maximum atomic E-state index is 9.18. The molecule has 10 rings (SSSR count). The van der Waals surface area contributed by atoms with Crippen LogP contribution in [0.25, 0.3) is 72.3 Å². The second-order valence-electron chi connectivity index (χ2n) is 17.1. The minimum Gasteiger partial charge on any atom is -0.510 e. The second kappa shape index (κ2) is 17.9. The van der Waals surface area contributed by atoms with Crippen LogP contribution in [0.3, 0.4) is 0 Å². The largest absolute Gasteiger partial charge is 0.510 e. The van der Waals surface area contributed by atoms with E-state index in [1.54, 1.807) is 28.8 Å². The Morgan fingerprint density at radius 1 is 0.677 bits per heavy atom. The fraction of sp³-hybridized carbons (Fsp3) is 0.172. The van der Waals surface area contributed by atoms with E-state index in [2.05, 4.69) is 94.9 Å². The molecule has 0 radical (unpaired) electrons. The molecule has 0 aliphatic rings. The molecule has 7 aromatic carbocycles. The fourth-order valence-corrected chi connectivity index (χ4v) is 12.6. The first-order valence-corrected chi connectivity index (χ1v) is 24.4. The Labute approximate surface area is 412 Å². The zero-order valence-corrected chi connectivity index (χ0v) is 40.3. The van der Waals surface area contributed by atoms with Crippen LogP contribution >= 0.6 is 0 Å². The van der Waals surface area contributed by atoms with Crippen LogP contribution in [0.1, 0.15) is 60.8 Å². The summed E-state index contributed by atoms with van der Waals surface area (Å²) in [7, 11) is -2.09. The first kappa shape index (κ1) is 33.2. The van der Waals surface area contributed by atoms with Gasteiger partial charge in [0.1, 0.15) is 5.82 Å². The Kier molecular flexibility index (Phi) is 9.15. The minimum atomic E-state index is -2.09. The number of aromatic nitrogens is 4. The number of imidazole rings is 1. The molecular weight excluding hydrogens is 992 g/mol. The Morgan fingerprint density at radius 2 is 1.34 bits per heavy atom. The van der Waals surface area contributed by atoms with Crippen molar-refractivity contribution < 1.29 is 44.1 Å². The molecule has 10 aromatic rings. The molecule has 0 unspecified atom stereocenters. The van der Waals surface area contributed by atoms with Crippen LogP contribution in [0.4, 0.5) is 0 Å². The van der Waals surface area contributed by atoms with Gasteiger partial charge in [0.2, 0.25) is 0 Å². The number of benzene rings is 7. The summed E-state index contributed by atoms with van der Waals surface area (Å²) in [4.78, 5) is 4.83. The molecule has 3 heterocycles. The molecule has 0 N–H and O–H groups in total. The van der Waals surface area contributed by atoms with Crippen LogP contribution in [0, 0.1) is 18.5 Å². The van der Waals surface area contributed by atoms with Crippen LogP contribution in [0.15, 0.2) is 170 Å². The molecule has 326 valence electrons. The first-order valence-electron chi connectivity index (χ1n) is 26.7. The Bertz CT molecular complexity index is 3770. The zero-order chi connectivity index (χ0) is 52.7. The maximum absolute atomic E-state index is 9.18. The normalized spacial score (nSPS) is 14.1. The third-order valence-electron chi connectivity index (χ3n) is 12.7. The van der Waals surface area contributed by atoms with Gasteiger partial charge in [-0.15, -0.1) is 29.7 Å². The van der Waals surface area contributed by atoms with Gasteiger partial charge in [-0.2, -0.15) is 18.2 Å². The van der Waals surface area contributed by atoms with E-state index in [1.807, 2.05) is 59.3 Å². The van der Waals surface area contributed by atoms with Gasteiger partial charge in [-0.25, -0.2) is 4.98 Å². The van der Waals surface area contributed by atoms with Crippen molar-refractivity contribution in [1.82, 2.24) is 14.1 Å². The summed E-state index contributed by atoms with van der Waals surface area (Å²) in [6, 6.07) is 37.7. The molecule has 0 saturated heterocycles. The molecule has 0 bridgehead atoms. The van der Waals surface area contributed by atoms with Gasteiger partial charge in [-0.1, -0.05) is 185 Å². The third kappa shape index (κ3) is 7.98. The van der Waals surface area contributed by atoms with Gasteiger partial charge in [-0.3, -0.25) is 4.57 Å². The molecule has 0 aliphatic heterocycles. The number of para-hydroxylation sites is 2. The summed E-state index contributed by atoms with van der Waals surface area (Å²) < 4.78 is 101. The van der Waals surface area contributed by atoms with Crippen molar-refractivity contribution in [2.45, 2.75) is 65.1 Å². The van der Waals surface area contributed by atoms with Crippen LogP contribution in [-0.4, -0.2) is 22.2 Å². The summed E-state index contributed by atoms with van der Waals surface area (Å²) in [6.07, 6.45) is 5.38. The molecule has 0 atom stereocenters. The summed E-state index contributed by atoms with van der Waals surface area (Å²) in [5, 5.41) is 3.21. The molecule has 0 saturated carbocycles. The molecule has 0 fully saturated rings. The zero-order valence-electron chi connectivity index (χ0n) is 47.0. The smallest absolute Gasteiger partial charge is 0.268 e. The minimum absolute atomic E-state index is 0. The third-order valence-corrected chi connectivity index (χ3v) is 18.3. The standard InChI is InChI=1S/C58H52N4OSi.Pt/c1-7-64(8-2,9-3)47-31-33-53-55(39-47)61(57-48(41-20-12-10-13-21-41)27-19-28-49(57)42-22-14-11-15-23-42)40-60(53)44-24-18-25-45(37-44)63-46-30-32-51-50-26-16-17-29-52(50)62(54(51)38-46)56-36-43(34-35-59-56)58(4,5)6;/h10-36,39H,7-9H2,1-6H3;/q-2;/i10D,11D,12D,13D,14D,15D,20D,21D,22D,23D;. The molecular formula is C58H52N4OPtSi-2. The van der Waals surface area contributed by atoms with Crippen LogP contribution in [0.2, 0.25) is 18.1 Å². The average molecular weight is 1050 g/mol. The van der Waals surface area contributed by atoms with E-state index in [1.165, 1.54) is 5.19 Å². The van der Waals surface area contributed by atoms with Gasteiger partial charge in [0.25, 0.3) is 6.33 Å². The van der Waals surface area contributed by atoms with Crippen molar-refractivity contribution >= 4 is 46.1 Å². The van der Waals surface area contributed by atoms with E-state index < -0.39 is 68.5 Å². The average Bonchev–Trinajstić information content (AvgIpc) is 3.96. The van der Waals surface area contributed by atoms with Crippen molar-refractivity contribution in [2.75, 3.05) is 0 Å². The second-order valence-corrected chi connectivity index (χ2v) is 22.4. The number of ether oxygens (including phenoxy) is 1. The van der Waals surface area contributed by atoms with Gasteiger partial charge >= 0.3 is 0 Å². The fourth-order valence-electron chi connectivity index (χ4n) is 9.03. The van der Waals surface area contributed by atoms with E-state index in [4.69, 9.17) is 17.9 Å². The number of fused-ring (bicyclic) bond motifs is 4. The maximum Gasteiger partial charge on any atom is 0.268 e. The SMILES string of the molecule is [2H]c1c([2H])c([2H])c(-c2cccc(-c3c([2H])c([2H])c([2H])c([2H])c3[2H])c2-[n+]2[c-]n(-c3[c-]c(Oc4[c-]c5c(cc4)c4ccccc4n5-c4cc(C(C)(C)C)ccn4)ccc3)c3ccc([Si](CC)(CC)CC)cc32)c([2H])c1[2H].[Pt]. The van der Waals surface area contributed by atoms with E-state index >= 15 is 0 Å². The van der Waals surface area contributed by atoms with E-state index in [0.29, 0.717) is 28.2 Å². The molecule has 65 heavy (non-hydrogen) atoms. The summed E-state index contributed by atoms with van der Waals surface area (Å²) in [6.45, 7) is 13.2. The van der Waals surface area contributed by atoms with Gasteiger partial charge in [0.05, 0.1) is 38.5 Å². The van der Waals surface area contributed by atoms with Crippen molar-refractivity contribution in [3.05, 3.63) is 194 Å². The Balaban J connectivity index is 0.00000689. The molecule has 5 nitrogen and oxygen atoms in total. The van der Waals surface area contributed by atoms with Gasteiger partial charge < -0.3 is 13.9 Å². The topological polar surface area (TPSA) is 35.9 Å². The Hall–Kier alpha value is -6.33. The predicted molar refractivity (Wildman–Crippen MR) is 266 cm³/mol. The summed E-state index contributed by atoms with van der Waals surface area (Å²) in [5.41, 5.74) is 4.93. The van der Waals surface area contributed by atoms with Crippen LogP contribution < -0.4 is 14.5 Å². The number of hydrogen-bond acceptors (Lipinski definition) is 2. The summed E-state index contributed by atoms with van der Waals surface area (Å²) in [5.74, 6) is 1.58. The quantitative estimate of drug-likeness (QED) is 0.0735. The van der Waals surface area contributed by atoms with E-state index in [9.17, 15) is 5.48 Å². The van der Waals surface area contributed by atoms with Crippen molar-refractivity contribution in [2.24, 2.45) is 0 Å². The number of nitrogens with zero attached hydrogens (tertiary/aromatic N) is 4. The molecule has 0 spiro atoms. The molecule has 7 heteroatoms. The van der Waals surface area contributed by atoms with Crippen molar-refractivity contribution in [3.63, 3.8) is 0 Å². The Morgan fingerprint density at radius 3 is 2.02 bits per heavy atom. The monoisotopic (exact) mass is 1050 g/mol. The van der Waals surface area contributed by atoms with Crippen molar-refractivity contribution in [3.8, 4) is 50.9 Å². The summed E-state index contributed by atoms with van der Waals surface area (Å²) >= 11 is 0. The van der Waals surface area contributed by atoms with Gasteiger partial charge in [0.15, 0.2) is 0 Å². The molecule has 0 amide bonds. The van der Waals surface area contributed by atoms with Gasteiger partial charge in [-0.05, 0) is 62.5 Å². The number of pyridine rings is 1. The number of hydrogen-bond donors (Lipinski definition) is 0. The molecule has 3 aromatic heterocycles. The van der Waals surface area contributed by atoms with Crippen LogP contribution in [-0.2, 0) is 26.5 Å². The van der Waals surface area contributed by atoms with E-state index in [0.717, 1.165) is 51.3 Å². The van der Waals surface area contributed by atoms with Crippen LogP contribution in [0.5, 0.6) is 11.5 Å². The molecule has 0 aliphatic carbocycles. The number of rotatable bonds is 11. The predicted octanol–water partition coefficient (Wildman–Crippen LogP) is 13.9. The first-order chi connectivity index (χ1) is 35.3. The van der Waals surface area contributed by atoms with E-state index in [-0.39, 0.29) is 54.4 Å². The van der Waals surface area contributed by atoms with Gasteiger partial charge in [0, 0.05) is 44.3 Å². The van der Waals surface area contributed by atoms with Crippen molar-refractivity contribution in [1.29, 1.82) is 0 Å².